The number of carbonyl (C=O) groups excluding carboxylic acids is 1. The first-order valence-corrected chi connectivity index (χ1v) is 5.05. The van der Waals surface area contributed by atoms with Gasteiger partial charge < -0.3 is 14.2 Å². The van der Waals surface area contributed by atoms with Gasteiger partial charge in [0.05, 0.1) is 19.8 Å². The van der Waals surface area contributed by atoms with Gasteiger partial charge in [0.25, 0.3) is 0 Å². The quantitative estimate of drug-likeness (QED) is 0.641. The Bertz CT molecular complexity index is 175. The van der Waals surface area contributed by atoms with E-state index in [0.717, 1.165) is 19.4 Å². The maximum atomic E-state index is 11.0. The molecule has 14 heavy (non-hydrogen) atoms. The normalized spacial score (nSPS) is 24.3. The van der Waals surface area contributed by atoms with E-state index in [1.807, 2.05) is 0 Å². The molecule has 1 saturated heterocycles. The Labute approximate surface area is 84.5 Å². The third kappa shape index (κ3) is 3.64. The molecule has 0 N–H and O–H groups in total. The van der Waals surface area contributed by atoms with Crippen LogP contribution in [0.1, 0.15) is 26.2 Å². The summed E-state index contributed by atoms with van der Waals surface area (Å²) in [7, 11) is 1.36. The highest BCUT2D eigenvalue weighted by atomic mass is 16.6. The van der Waals surface area contributed by atoms with Crippen molar-refractivity contribution in [2.45, 2.75) is 38.4 Å². The van der Waals surface area contributed by atoms with Gasteiger partial charge in [-0.25, -0.2) is 4.79 Å². The summed E-state index contributed by atoms with van der Waals surface area (Å²) in [4.78, 5) is 11.0. The minimum atomic E-state index is -0.495. The minimum Gasteiger partial charge on any atom is -0.467 e. The molecule has 0 amide bonds. The van der Waals surface area contributed by atoms with E-state index in [4.69, 9.17) is 9.47 Å². The summed E-state index contributed by atoms with van der Waals surface area (Å²) in [5, 5.41) is 0. The molecule has 1 aliphatic heterocycles. The van der Waals surface area contributed by atoms with Gasteiger partial charge in [0, 0.05) is 6.61 Å². The first kappa shape index (κ1) is 11.5. The number of methoxy groups -OCH3 is 1. The predicted octanol–water partition coefficient (Wildman–Crippen LogP) is 1.13. The fraction of sp³-hybridized carbons (Fsp3) is 0.900. The Morgan fingerprint density at radius 2 is 2.36 bits per heavy atom. The number of esters is 1. The van der Waals surface area contributed by atoms with Crippen LogP contribution >= 0.6 is 0 Å². The molecule has 1 heterocycles. The molecular weight excluding hydrogens is 184 g/mol. The molecule has 0 aliphatic carbocycles. The zero-order chi connectivity index (χ0) is 10.4. The lowest BCUT2D eigenvalue weighted by Gasteiger charge is -2.23. The van der Waals surface area contributed by atoms with E-state index in [0.29, 0.717) is 6.61 Å². The second-order valence-electron chi connectivity index (χ2n) is 3.49. The fourth-order valence-electron chi connectivity index (χ4n) is 1.42. The molecule has 0 saturated carbocycles. The van der Waals surface area contributed by atoms with Gasteiger partial charge in [0.1, 0.15) is 0 Å². The fourth-order valence-corrected chi connectivity index (χ4v) is 1.42. The number of hydrogen-bond acceptors (Lipinski definition) is 4. The largest absolute Gasteiger partial charge is 0.467 e. The average molecular weight is 202 g/mol. The third-order valence-corrected chi connectivity index (χ3v) is 2.34. The second-order valence-corrected chi connectivity index (χ2v) is 3.49. The summed E-state index contributed by atoms with van der Waals surface area (Å²) in [6, 6.07) is 0. The molecule has 0 aromatic rings. The van der Waals surface area contributed by atoms with Crippen LogP contribution in [-0.2, 0) is 19.0 Å². The Hall–Kier alpha value is -0.610. The average Bonchev–Trinajstić information content (AvgIpc) is 2.26. The molecule has 0 radical (unpaired) electrons. The van der Waals surface area contributed by atoms with Crippen LogP contribution < -0.4 is 0 Å². The molecule has 0 aromatic heterocycles. The predicted molar refractivity (Wildman–Crippen MR) is 51.0 cm³/mol. The maximum Gasteiger partial charge on any atom is 0.334 e. The van der Waals surface area contributed by atoms with E-state index in [2.05, 4.69) is 4.74 Å². The summed E-state index contributed by atoms with van der Waals surface area (Å²) in [6.07, 6.45) is 2.98. The number of carbonyl (C=O) groups is 1. The summed E-state index contributed by atoms with van der Waals surface area (Å²) in [5.74, 6) is -0.333. The number of hydrogen-bond donors (Lipinski definition) is 0. The molecule has 2 atom stereocenters. The highest BCUT2D eigenvalue weighted by Gasteiger charge is 2.18. The topological polar surface area (TPSA) is 44.8 Å². The zero-order valence-corrected chi connectivity index (χ0v) is 8.82. The van der Waals surface area contributed by atoms with Crippen LogP contribution in [0.2, 0.25) is 0 Å². The van der Waals surface area contributed by atoms with E-state index >= 15 is 0 Å². The lowest BCUT2D eigenvalue weighted by molar-refractivity contribution is -0.156. The SMILES string of the molecule is COC(=O)C(C)OCC1CCCCO1. The summed E-state index contributed by atoms with van der Waals surface area (Å²) in [6.45, 7) is 2.98. The van der Waals surface area contributed by atoms with Gasteiger partial charge in [-0.2, -0.15) is 0 Å². The van der Waals surface area contributed by atoms with Gasteiger partial charge in [-0.05, 0) is 26.2 Å². The van der Waals surface area contributed by atoms with Gasteiger partial charge in [-0.1, -0.05) is 0 Å². The van der Waals surface area contributed by atoms with Crippen molar-refractivity contribution in [1.29, 1.82) is 0 Å². The van der Waals surface area contributed by atoms with Gasteiger partial charge >= 0.3 is 5.97 Å². The zero-order valence-electron chi connectivity index (χ0n) is 8.82. The van der Waals surface area contributed by atoms with Crippen molar-refractivity contribution in [3.8, 4) is 0 Å². The molecule has 4 nitrogen and oxygen atoms in total. The van der Waals surface area contributed by atoms with Crippen molar-refractivity contribution < 1.29 is 19.0 Å². The summed E-state index contributed by atoms with van der Waals surface area (Å²) >= 11 is 0. The second kappa shape index (κ2) is 5.98. The summed E-state index contributed by atoms with van der Waals surface area (Å²) < 4.78 is 15.3. The molecular formula is C10H18O4. The molecule has 4 heteroatoms. The van der Waals surface area contributed by atoms with Gasteiger partial charge in [-0.15, -0.1) is 0 Å². The van der Waals surface area contributed by atoms with E-state index in [9.17, 15) is 4.79 Å². The highest BCUT2D eigenvalue weighted by Crippen LogP contribution is 2.13. The van der Waals surface area contributed by atoms with Crippen LogP contribution in [0.3, 0.4) is 0 Å². The monoisotopic (exact) mass is 202 g/mol. The van der Waals surface area contributed by atoms with E-state index in [1.165, 1.54) is 13.5 Å². The first-order valence-electron chi connectivity index (χ1n) is 5.05. The van der Waals surface area contributed by atoms with Crippen molar-refractivity contribution >= 4 is 5.97 Å². The van der Waals surface area contributed by atoms with Crippen LogP contribution in [0.15, 0.2) is 0 Å². The van der Waals surface area contributed by atoms with Crippen LogP contribution in [0, 0.1) is 0 Å². The van der Waals surface area contributed by atoms with Crippen LogP contribution in [0.25, 0.3) is 0 Å². The minimum absolute atomic E-state index is 0.149. The van der Waals surface area contributed by atoms with Gasteiger partial charge in [-0.3, -0.25) is 0 Å². The standard InChI is InChI=1S/C10H18O4/c1-8(10(11)12-2)14-7-9-5-3-4-6-13-9/h8-9H,3-7H2,1-2H3. The molecule has 1 aliphatic rings. The van der Waals surface area contributed by atoms with Crippen LogP contribution in [0.5, 0.6) is 0 Å². The van der Waals surface area contributed by atoms with Crippen molar-refractivity contribution in [3.05, 3.63) is 0 Å². The Morgan fingerprint density at radius 1 is 1.57 bits per heavy atom. The molecule has 0 bridgehead atoms. The van der Waals surface area contributed by atoms with E-state index < -0.39 is 6.10 Å². The number of ether oxygens (including phenoxy) is 3. The van der Waals surface area contributed by atoms with Crippen molar-refractivity contribution in [3.63, 3.8) is 0 Å². The Balaban J connectivity index is 2.15. The first-order chi connectivity index (χ1) is 6.74. The molecule has 1 fully saturated rings. The molecule has 82 valence electrons. The van der Waals surface area contributed by atoms with Gasteiger partial charge in [0.2, 0.25) is 0 Å². The lowest BCUT2D eigenvalue weighted by Crippen LogP contribution is -2.30. The van der Waals surface area contributed by atoms with E-state index in [1.54, 1.807) is 6.92 Å². The van der Waals surface area contributed by atoms with Crippen molar-refractivity contribution in [2.24, 2.45) is 0 Å². The molecule has 0 spiro atoms. The smallest absolute Gasteiger partial charge is 0.334 e. The number of rotatable bonds is 4. The van der Waals surface area contributed by atoms with Crippen LogP contribution in [0.4, 0.5) is 0 Å². The maximum absolute atomic E-state index is 11.0. The van der Waals surface area contributed by atoms with Crippen LogP contribution in [-0.4, -0.2) is 38.5 Å². The summed E-state index contributed by atoms with van der Waals surface area (Å²) in [5.41, 5.74) is 0. The Morgan fingerprint density at radius 3 is 2.93 bits per heavy atom. The Kier molecular flexibility index (Phi) is 4.90. The van der Waals surface area contributed by atoms with Gasteiger partial charge in [0.15, 0.2) is 6.10 Å². The third-order valence-electron chi connectivity index (χ3n) is 2.34. The van der Waals surface area contributed by atoms with Crippen molar-refractivity contribution in [2.75, 3.05) is 20.3 Å². The van der Waals surface area contributed by atoms with Crippen molar-refractivity contribution in [1.82, 2.24) is 0 Å². The molecule has 0 aromatic carbocycles. The molecule has 1 rings (SSSR count). The molecule has 2 unspecified atom stereocenters. The highest BCUT2D eigenvalue weighted by molar-refractivity contribution is 5.73. The van der Waals surface area contributed by atoms with E-state index in [-0.39, 0.29) is 12.1 Å². The lowest BCUT2D eigenvalue weighted by atomic mass is 10.1.